The highest BCUT2D eigenvalue weighted by molar-refractivity contribution is 5.78. The van der Waals surface area contributed by atoms with Gasteiger partial charge in [-0.3, -0.25) is 9.69 Å². The zero-order valence-electron chi connectivity index (χ0n) is 14.7. The Morgan fingerprint density at radius 1 is 1.39 bits per heavy atom. The highest BCUT2D eigenvalue weighted by Crippen LogP contribution is 2.26. The molecule has 1 aliphatic rings. The number of hydrogen-bond donors (Lipinski definition) is 0. The maximum atomic E-state index is 12.4. The van der Waals surface area contributed by atoms with Crippen LogP contribution in [0.2, 0.25) is 0 Å². The van der Waals surface area contributed by atoms with Crippen molar-refractivity contribution in [2.24, 2.45) is 0 Å². The van der Waals surface area contributed by atoms with Gasteiger partial charge in [-0.25, -0.2) is 4.98 Å². The Morgan fingerprint density at radius 2 is 2.13 bits per heavy atom. The summed E-state index contributed by atoms with van der Waals surface area (Å²) in [5.74, 6) is 1.79. The average molecular weight is 320 g/mol. The van der Waals surface area contributed by atoms with Crippen molar-refractivity contribution in [2.75, 3.05) is 51.7 Å². The number of hydrogen-bond acceptors (Lipinski definition) is 5. The number of aromatic nitrogens is 1. The molecule has 1 atom stereocenters. The Morgan fingerprint density at radius 3 is 2.78 bits per heavy atom. The maximum Gasteiger partial charge on any atom is 0.236 e. The van der Waals surface area contributed by atoms with Gasteiger partial charge in [-0.2, -0.15) is 0 Å². The molecule has 0 spiro atoms. The van der Waals surface area contributed by atoms with Crippen LogP contribution in [-0.4, -0.2) is 73.6 Å². The predicted octanol–water partition coefficient (Wildman–Crippen LogP) is 1.47. The molecule has 2 rings (SSSR count). The fraction of sp³-hybridized carbons (Fsp3) is 0.647. The van der Waals surface area contributed by atoms with E-state index in [0.29, 0.717) is 13.1 Å². The molecular formula is C17H28N4O2. The van der Waals surface area contributed by atoms with Crippen LogP contribution in [0.5, 0.6) is 5.75 Å². The van der Waals surface area contributed by atoms with Gasteiger partial charge >= 0.3 is 0 Å². The normalized spacial score (nSPS) is 17.6. The van der Waals surface area contributed by atoms with Crippen LogP contribution in [0, 0.1) is 0 Å². The third-order valence-corrected chi connectivity index (χ3v) is 4.22. The maximum absolute atomic E-state index is 12.4. The molecule has 6 heteroatoms. The molecule has 0 radical (unpaired) electrons. The lowest BCUT2D eigenvalue weighted by Crippen LogP contribution is -2.39. The number of carbonyl (C=O) groups is 1. The third-order valence-electron chi connectivity index (χ3n) is 4.22. The van der Waals surface area contributed by atoms with E-state index in [9.17, 15) is 4.79 Å². The van der Waals surface area contributed by atoms with Crippen LogP contribution in [0.1, 0.15) is 20.3 Å². The number of likely N-dealkylation sites (tertiary alicyclic amines) is 1. The van der Waals surface area contributed by atoms with E-state index < -0.39 is 0 Å². The monoisotopic (exact) mass is 320 g/mol. The van der Waals surface area contributed by atoms with Gasteiger partial charge in [0.1, 0.15) is 6.10 Å². The largest absolute Gasteiger partial charge is 0.485 e. The second-order valence-corrected chi connectivity index (χ2v) is 6.05. The van der Waals surface area contributed by atoms with E-state index >= 15 is 0 Å². The number of rotatable bonds is 7. The number of carbonyl (C=O) groups excluding carboxylic acids is 1. The Bertz CT molecular complexity index is 517. The lowest BCUT2D eigenvalue weighted by atomic mass is 10.3. The van der Waals surface area contributed by atoms with Crippen LogP contribution in [-0.2, 0) is 4.79 Å². The molecule has 0 aromatic carbocycles. The van der Waals surface area contributed by atoms with Crippen molar-refractivity contribution in [1.29, 1.82) is 0 Å². The van der Waals surface area contributed by atoms with Gasteiger partial charge in [-0.15, -0.1) is 0 Å². The molecule has 1 aromatic rings. The molecule has 0 saturated carbocycles. The van der Waals surface area contributed by atoms with Gasteiger partial charge in [0.05, 0.1) is 13.1 Å². The van der Waals surface area contributed by atoms with E-state index in [1.54, 1.807) is 6.20 Å². The van der Waals surface area contributed by atoms with Gasteiger partial charge in [0.2, 0.25) is 5.91 Å². The highest BCUT2D eigenvalue weighted by Gasteiger charge is 2.28. The van der Waals surface area contributed by atoms with E-state index in [-0.39, 0.29) is 12.0 Å². The average Bonchev–Trinajstić information content (AvgIpc) is 3.01. The smallest absolute Gasteiger partial charge is 0.236 e. The van der Waals surface area contributed by atoms with Crippen molar-refractivity contribution in [3.05, 3.63) is 18.3 Å². The first-order chi connectivity index (χ1) is 11.0. The van der Waals surface area contributed by atoms with E-state index in [1.165, 1.54) is 0 Å². The van der Waals surface area contributed by atoms with Crippen molar-refractivity contribution < 1.29 is 9.53 Å². The van der Waals surface area contributed by atoms with Crippen molar-refractivity contribution in [2.45, 2.75) is 26.4 Å². The number of pyridine rings is 1. The first-order valence-electron chi connectivity index (χ1n) is 8.34. The molecule has 1 aliphatic heterocycles. The van der Waals surface area contributed by atoms with Gasteiger partial charge in [0.15, 0.2) is 11.6 Å². The molecule has 2 heterocycles. The third kappa shape index (κ3) is 4.58. The Balaban J connectivity index is 1.92. The minimum Gasteiger partial charge on any atom is -0.485 e. The molecule has 0 N–H and O–H groups in total. The van der Waals surface area contributed by atoms with Crippen LogP contribution in [0.3, 0.4) is 0 Å². The summed E-state index contributed by atoms with van der Waals surface area (Å²) in [6.45, 7) is 7.88. The van der Waals surface area contributed by atoms with E-state index in [4.69, 9.17) is 4.74 Å². The molecule has 1 saturated heterocycles. The minimum absolute atomic E-state index is 0.0403. The molecule has 1 unspecified atom stereocenters. The van der Waals surface area contributed by atoms with E-state index in [0.717, 1.165) is 37.6 Å². The molecule has 6 nitrogen and oxygen atoms in total. The summed E-state index contributed by atoms with van der Waals surface area (Å²) in [7, 11) is 3.90. The number of amides is 1. The van der Waals surface area contributed by atoms with Crippen molar-refractivity contribution in [1.82, 2.24) is 14.8 Å². The molecule has 1 aromatic heterocycles. The Labute approximate surface area is 139 Å². The first-order valence-corrected chi connectivity index (χ1v) is 8.34. The van der Waals surface area contributed by atoms with E-state index in [2.05, 4.69) is 23.7 Å². The molecule has 0 bridgehead atoms. The molecule has 128 valence electrons. The van der Waals surface area contributed by atoms with Gasteiger partial charge in [-0.05, 0) is 25.2 Å². The molecule has 1 fully saturated rings. The standard InChI is InChI=1S/C17H28N4O2/c1-5-20(6-2)13-16(22)21-11-9-14(12-21)23-15-8-7-10-18-17(15)19(3)4/h7-8,10,14H,5-6,9,11-13H2,1-4H3. The van der Waals surface area contributed by atoms with Crippen LogP contribution >= 0.6 is 0 Å². The number of ether oxygens (including phenoxy) is 1. The SMILES string of the molecule is CCN(CC)CC(=O)N1CCC(Oc2cccnc2N(C)C)C1. The van der Waals surface area contributed by atoms with Gasteiger partial charge in [0.25, 0.3) is 0 Å². The zero-order valence-corrected chi connectivity index (χ0v) is 14.7. The first kappa shape index (κ1) is 17.5. The van der Waals surface area contributed by atoms with Gasteiger partial charge < -0.3 is 14.5 Å². The Hall–Kier alpha value is -1.82. The molecule has 23 heavy (non-hydrogen) atoms. The van der Waals surface area contributed by atoms with Crippen LogP contribution in [0.4, 0.5) is 5.82 Å². The topological polar surface area (TPSA) is 48.9 Å². The van der Waals surface area contributed by atoms with Gasteiger partial charge in [0, 0.05) is 33.3 Å². The Kier molecular flexibility index (Phi) is 6.21. The summed E-state index contributed by atoms with van der Waals surface area (Å²) >= 11 is 0. The number of nitrogens with zero attached hydrogens (tertiary/aromatic N) is 4. The minimum atomic E-state index is 0.0403. The predicted molar refractivity (Wildman–Crippen MR) is 92.0 cm³/mol. The van der Waals surface area contributed by atoms with Gasteiger partial charge in [-0.1, -0.05) is 13.8 Å². The van der Waals surface area contributed by atoms with Crippen LogP contribution in [0.15, 0.2) is 18.3 Å². The molecular weight excluding hydrogens is 292 g/mol. The summed E-state index contributed by atoms with van der Waals surface area (Å²) in [6, 6.07) is 3.81. The quantitative estimate of drug-likeness (QED) is 0.761. The second-order valence-electron chi connectivity index (χ2n) is 6.05. The summed E-state index contributed by atoms with van der Waals surface area (Å²) < 4.78 is 6.09. The molecule has 0 aliphatic carbocycles. The van der Waals surface area contributed by atoms with Crippen LogP contribution in [0.25, 0.3) is 0 Å². The van der Waals surface area contributed by atoms with Crippen LogP contribution < -0.4 is 9.64 Å². The lowest BCUT2D eigenvalue weighted by molar-refractivity contribution is -0.131. The van der Waals surface area contributed by atoms with Crippen molar-refractivity contribution >= 4 is 11.7 Å². The second kappa shape index (κ2) is 8.15. The number of anilines is 1. The van der Waals surface area contributed by atoms with Crippen molar-refractivity contribution in [3.8, 4) is 5.75 Å². The summed E-state index contributed by atoms with van der Waals surface area (Å²) in [6.07, 6.45) is 2.67. The summed E-state index contributed by atoms with van der Waals surface area (Å²) in [5.41, 5.74) is 0. The summed E-state index contributed by atoms with van der Waals surface area (Å²) in [4.78, 5) is 22.7. The lowest BCUT2D eigenvalue weighted by Gasteiger charge is -2.23. The number of likely N-dealkylation sites (N-methyl/N-ethyl adjacent to an activating group) is 1. The highest BCUT2D eigenvalue weighted by atomic mass is 16.5. The molecule has 1 amide bonds. The van der Waals surface area contributed by atoms with Crippen molar-refractivity contribution in [3.63, 3.8) is 0 Å². The fourth-order valence-electron chi connectivity index (χ4n) is 2.78. The van der Waals surface area contributed by atoms with E-state index in [1.807, 2.05) is 36.0 Å². The summed E-state index contributed by atoms with van der Waals surface area (Å²) in [5, 5.41) is 0. The zero-order chi connectivity index (χ0) is 16.8. The fourth-order valence-corrected chi connectivity index (χ4v) is 2.78.